The van der Waals surface area contributed by atoms with E-state index in [1.807, 2.05) is 29.0 Å². The lowest BCUT2D eigenvalue weighted by Crippen LogP contribution is -2.09. The normalized spacial score (nSPS) is 9.96. The van der Waals surface area contributed by atoms with Gasteiger partial charge in [-0.1, -0.05) is 30.3 Å². The summed E-state index contributed by atoms with van der Waals surface area (Å²) in [4.78, 5) is 22.2. The van der Waals surface area contributed by atoms with Gasteiger partial charge < -0.3 is 19.5 Å². The number of rotatable bonds is 4. The first-order valence-electron chi connectivity index (χ1n) is 7.21. The molecule has 0 amide bonds. The maximum absolute atomic E-state index is 9.10. The van der Waals surface area contributed by atoms with Crippen molar-refractivity contribution in [2.24, 2.45) is 0 Å². The predicted octanol–water partition coefficient (Wildman–Crippen LogP) is 3.03. The zero-order chi connectivity index (χ0) is 18.2. The Labute approximate surface area is 151 Å². The SMILES string of the molecule is Brc1c(OCCn2ccnc2)ccc2ccccc12.O=C(O)C(=O)O. The molecule has 1 aromatic heterocycles. The molecule has 1 heterocycles. The second-order valence-corrected chi connectivity index (χ2v) is 5.65. The summed E-state index contributed by atoms with van der Waals surface area (Å²) in [6, 6.07) is 12.3. The molecule has 8 heteroatoms. The van der Waals surface area contributed by atoms with Gasteiger partial charge in [0.25, 0.3) is 0 Å². The molecule has 0 unspecified atom stereocenters. The Balaban J connectivity index is 0.000000326. The fourth-order valence-electron chi connectivity index (χ4n) is 2.01. The van der Waals surface area contributed by atoms with Gasteiger partial charge in [-0.05, 0) is 32.8 Å². The molecule has 0 spiro atoms. The molecule has 2 aromatic carbocycles. The Hall–Kier alpha value is -2.87. The third-order valence-electron chi connectivity index (χ3n) is 3.18. The summed E-state index contributed by atoms with van der Waals surface area (Å²) in [5, 5.41) is 17.2. The number of carbonyl (C=O) groups is 2. The zero-order valence-electron chi connectivity index (χ0n) is 13.0. The van der Waals surface area contributed by atoms with Crippen molar-refractivity contribution < 1.29 is 24.5 Å². The molecule has 0 fully saturated rings. The molecule has 130 valence electrons. The summed E-state index contributed by atoms with van der Waals surface area (Å²) in [6.45, 7) is 1.41. The van der Waals surface area contributed by atoms with Gasteiger partial charge in [0.1, 0.15) is 12.4 Å². The summed E-state index contributed by atoms with van der Waals surface area (Å²) >= 11 is 3.62. The third kappa shape index (κ3) is 5.32. The summed E-state index contributed by atoms with van der Waals surface area (Å²) in [5.74, 6) is -2.77. The number of halogens is 1. The van der Waals surface area contributed by atoms with Crippen molar-refractivity contribution >= 4 is 38.6 Å². The van der Waals surface area contributed by atoms with Crippen LogP contribution >= 0.6 is 15.9 Å². The molecule has 0 bridgehead atoms. The zero-order valence-corrected chi connectivity index (χ0v) is 14.6. The molecule has 0 saturated heterocycles. The average molecular weight is 407 g/mol. The van der Waals surface area contributed by atoms with Crippen LogP contribution in [0.2, 0.25) is 0 Å². The van der Waals surface area contributed by atoms with E-state index in [0.717, 1.165) is 16.8 Å². The van der Waals surface area contributed by atoms with Gasteiger partial charge in [0.2, 0.25) is 0 Å². The highest BCUT2D eigenvalue weighted by atomic mass is 79.9. The van der Waals surface area contributed by atoms with E-state index in [2.05, 4.69) is 39.1 Å². The van der Waals surface area contributed by atoms with Crippen LogP contribution < -0.4 is 4.74 Å². The van der Waals surface area contributed by atoms with Crippen molar-refractivity contribution in [3.05, 3.63) is 59.6 Å². The van der Waals surface area contributed by atoms with Crippen molar-refractivity contribution in [3.63, 3.8) is 0 Å². The second kappa shape index (κ2) is 8.84. The van der Waals surface area contributed by atoms with Crippen LogP contribution in [0.25, 0.3) is 10.8 Å². The number of nitrogens with zero attached hydrogens (tertiary/aromatic N) is 2. The van der Waals surface area contributed by atoms with Gasteiger partial charge in [-0.25, -0.2) is 14.6 Å². The van der Waals surface area contributed by atoms with Gasteiger partial charge in [0.05, 0.1) is 17.3 Å². The van der Waals surface area contributed by atoms with Crippen molar-refractivity contribution in [3.8, 4) is 5.75 Å². The number of carboxylic acid groups (broad SMARTS) is 2. The highest BCUT2D eigenvalue weighted by molar-refractivity contribution is 9.10. The van der Waals surface area contributed by atoms with Crippen molar-refractivity contribution in [2.75, 3.05) is 6.61 Å². The topological polar surface area (TPSA) is 102 Å². The van der Waals surface area contributed by atoms with Crippen molar-refractivity contribution in [2.45, 2.75) is 6.54 Å². The van der Waals surface area contributed by atoms with Gasteiger partial charge in [-0.15, -0.1) is 0 Å². The largest absolute Gasteiger partial charge is 0.491 e. The molecule has 2 N–H and O–H groups in total. The first-order chi connectivity index (χ1) is 12.0. The molecule has 0 aliphatic heterocycles. The highest BCUT2D eigenvalue weighted by Crippen LogP contribution is 2.32. The fourth-order valence-corrected chi connectivity index (χ4v) is 2.61. The Kier molecular flexibility index (Phi) is 6.53. The summed E-state index contributed by atoms with van der Waals surface area (Å²) in [5.41, 5.74) is 0. The van der Waals surface area contributed by atoms with E-state index in [9.17, 15) is 0 Å². The molecular weight excluding hydrogens is 392 g/mol. The van der Waals surface area contributed by atoms with Crippen molar-refractivity contribution in [1.82, 2.24) is 9.55 Å². The molecule has 3 rings (SSSR count). The predicted molar refractivity (Wildman–Crippen MR) is 94.6 cm³/mol. The van der Waals surface area contributed by atoms with E-state index >= 15 is 0 Å². The van der Waals surface area contributed by atoms with E-state index < -0.39 is 11.9 Å². The molecule has 0 saturated carbocycles. The van der Waals surface area contributed by atoms with Crippen LogP contribution in [0, 0.1) is 0 Å². The minimum Gasteiger partial charge on any atom is -0.491 e. The second-order valence-electron chi connectivity index (χ2n) is 4.86. The van der Waals surface area contributed by atoms with E-state index in [0.29, 0.717) is 6.61 Å². The van der Waals surface area contributed by atoms with Crippen LogP contribution in [-0.2, 0) is 16.1 Å². The molecule has 3 aromatic rings. The van der Waals surface area contributed by atoms with Crippen LogP contribution in [0.4, 0.5) is 0 Å². The smallest absolute Gasteiger partial charge is 0.414 e. The minimum absolute atomic E-state index is 0.618. The summed E-state index contributed by atoms with van der Waals surface area (Å²) < 4.78 is 8.83. The first kappa shape index (κ1) is 18.5. The van der Waals surface area contributed by atoms with E-state index in [-0.39, 0.29) is 0 Å². The van der Waals surface area contributed by atoms with Crippen LogP contribution in [0.1, 0.15) is 0 Å². The summed E-state index contributed by atoms with van der Waals surface area (Å²) in [7, 11) is 0. The van der Waals surface area contributed by atoms with Crippen LogP contribution in [-0.4, -0.2) is 38.3 Å². The maximum atomic E-state index is 9.10. The number of hydrogen-bond donors (Lipinski definition) is 2. The number of carboxylic acids is 2. The summed E-state index contributed by atoms with van der Waals surface area (Å²) in [6.07, 6.45) is 5.49. The lowest BCUT2D eigenvalue weighted by molar-refractivity contribution is -0.159. The molecular formula is C17H15BrN2O5. The molecule has 0 aliphatic carbocycles. The Morgan fingerprint density at radius 3 is 2.48 bits per heavy atom. The Morgan fingerprint density at radius 2 is 1.84 bits per heavy atom. The minimum atomic E-state index is -1.82. The fraction of sp³-hybridized carbons (Fsp3) is 0.118. The number of imidazole rings is 1. The van der Waals surface area contributed by atoms with Crippen LogP contribution in [0.3, 0.4) is 0 Å². The number of ether oxygens (including phenoxy) is 1. The lowest BCUT2D eigenvalue weighted by atomic mass is 10.1. The van der Waals surface area contributed by atoms with Crippen LogP contribution in [0.15, 0.2) is 59.6 Å². The Bertz CT molecular complexity index is 853. The standard InChI is InChI=1S/C15H13BrN2O.C2H2O4/c16-15-13-4-2-1-3-12(13)5-6-14(15)19-10-9-18-8-7-17-11-18;3-1(4)2(5)6/h1-8,11H,9-10H2;(H,3,4)(H,5,6). The molecule has 0 radical (unpaired) electrons. The molecule has 7 nitrogen and oxygen atoms in total. The van der Waals surface area contributed by atoms with E-state index in [1.165, 1.54) is 10.8 Å². The first-order valence-corrected chi connectivity index (χ1v) is 8.00. The number of aromatic nitrogens is 2. The van der Waals surface area contributed by atoms with E-state index in [1.54, 1.807) is 12.5 Å². The van der Waals surface area contributed by atoms with Gasteiger partial charge >= 0.3 is 11.9 Å². The molecule has 0 aliphatic rings. The van der Waals surface area contributed by atoms with Gasteiger partial charge in [-0.2, -0.15) is 0 Å². The van der Waals surface area contributed by atoms with Crippen LogP contribution in [0.5, 0.6) is 5.75 Å². The molecule has 25 heavy (non-hydrogen) atoms. The number of hydrogen-bond acceptors (Lipinski definition) is 4. The third-order valence-corrected chi connectivity index (χ3v) is 4.00. The monoisotopic (exact) mass is 406 g/mol. The lowest BCUT2D eigenvalue weighted by Gasteiger charge is -2.10. The van der Waals surface area contributed by atoms with E-state index in [4.69, 9.17) is 24.5 Å². The van der Waals surface area contributed by atoms with Gasteiger partial charge in [-0.3, -0.25) is 0 Å². The van der Waals surface area contributed by atoms with Gasteiger partial charge in [0.15, 0.2) is 0 Å². The molecule has 0 atom stereocenters. The van der Waals surface area contributed by atoms with Gasteiger partial charge in [0, 0.05) is 12.4 Å². The van der Waals surface area contributed by atoms with Crippen molar-refractivity contribution in [1.29, 1.82) is 0 Å². The number of benzene rings is 2. The number of fused-ring (bicyclic) bond motifs is 1. The highest BCUT2D eigenvalue weighted by Gasteiger charge is 2.05. The maximum Gasteiger partial charge on any atom is 0.414 e. The number of aliphatic carboxylic acids is 2. The quantitative estimate of drug-likeness (QED) is 0.645. The average Bonchev–Trinajstić information content (AvgIpc) is 3.11. The Morgan fingerprint density at radius 1 is 1.12 bits per heavy atom.